The molecule has 1 aliphatic carbocycles. The van der Waals surface area contributed by atoms with Crippen molar-refractivity contribution in [3.63, 3.8) is 0 Å². The Bertz CT molecular complexity index is 839. The lowest BCUT2D eigenvalue weighted by Crippen LogP contribution is -2.49. The van der Waals surface area contributed by atoms with Crippen LogP contribution < -0.4 is 5.73 Å². The quantitative estimate of drug-likeness (QED) is 0.862. The van der Waals surface area contributed by atoms with Crippen molar-refractivity contribution in [2.45, 2.75) is 43.9 Å². The molecule has 1 saturated carbocycles. The highest BCUT2D eigenvalue weighted by atomic mass is 19.1. The number of nitrogens with two attached hydrogens (primary N) is 1. The van der Waals surface area contributed by atoms with Crippen LogP contribution in [-0.2, 0) is 9.53 Å². The fourth-order valence-electron chi connectivity index (χ4n) is 4.84. The average Bonchev–Trinajstić information content (AvgIpc) is 3.32. The molecule has 7 heteroatoms. The first-order valence-corrected chi connectivity index (χ1v) is 10.1. The van der Waals surface area contributed by atoms with E-state index in [0.29, 0.717) is 19.6 Å². The highest BCUT2D eigenvalue weighted by Gasteiger charge is 2.42. The summed E-state index contributed by atoms with van der Waals surface area (Å²) in [6.45, 7) is 2.76. The monoisotopic (exact) mass is 389 g/mol. The molecule has 0 bridgehead atoms. The third-order valence-corrected chi connectivity index (χ3v) is 6.48. The number of carbonyl (C=O) groups is 1. The lowest BCUT2D eigenvalue weighted by atomic mass is 9.93. The Balaban J connectivity index is 1.26. The van der Waals surface area contributed by atoms with Gasteiger partial charge in [0.1, 0.15) is 17.7 Å². The van der Waals surface area contributed by atoms with Gasteiger partial charge in [-0.15, -0.1) is 0 Å². The highest BCUT2D eigenvalue weighted by molar-refractivity contribution is 5.82. The molecule has 1 amide bonds. The first kappa shape index (κ1) is 18.1. The number of hydrogen-bond donors (Lipinski definition) is 1. The summed E-state index contributed by atoms with van der Waals surface area (Å²) >= 11 is 0. The molecule has 150 valence electrons. The molecular weight excluding hydrogens is 364 g/mol. The van der Waals surface area contributed by atoms with Crippen molar-refractivity contribution in [3.8, 4) is 0 Å². The van der Waals surface area contributed by atoms with Crippen molar-refractivity contribution in [2.24, 2.45) is 11.7 Å². The van der Waals surface area contributed by atoms with E-state index >= 15 is 0 Å². The maximum Gasteiger partial charge on any atom is 0.226 e. The van der Waals surface area contributed by atoms with Crippen LogP contribution in [0.4, 0.5) is 8.78 Å². The zero-order valence-corrected chi connectivity index (χ0v) is 15.7. The summed E-state index contributed by atoms with van der Waals surface area (Å²) in [5.41, 5.74) is 9.11. The van der Waals surface area contributed by atoms with Gasteiger partial charge in [0.2, 0.25) is 5.91 Å². The topological polar surface area (TPSA) is 58.8 Å². The van der Waals surface area contributed by atoms with Crippen molar-refractivity contribution in [3.05, 3.63) is 46.7 Å². The van der Waals surface area contributed by atoms with E-state index in [9.17, 15) is 13.6 Å². The lowest BCUT2D eigenvalue weighted by molar-refractivity contribution is -0.131. The minimum atomic E-state index is -0.639. The van der Waals surface area contributed by atoms with Crippen LogP contribution in [-0.4, -0.2) is 54.0 Å². The molecule has 0 spiro atoms. The molecule has 0 radical (unpaired) electrons. The average molecular weight is 389 g/mol. The van der Waals surface area contributed by atoms with Crippen molar-refractivity contribution in [2.75, 3.05) is 26.2 Å². The van der Waals surface area contributed by atoms with Gasteiger partial charge in [-0.05, 0) is 49.5 Å². The number of nitrogens with zero attached hydrogens (tertiary/aromatic N) is 2. The summed E-state index contributed by atoms with van der Waals surface area (Å²) in [5, 5.41) is 0. The van der Waals surface area contributed by atoms with E-state index in [-0.39, 0.29) is 23.4 Å². The maximum absolute atomic E-state index is 14.1. The summed E-state index contributed by atoms with van der Waals surface area (Å²) < 4.78 is 33.6. The molecule has 1 aromatic carbocycles. The second kappa shape index (κ2) is 6.81. The SMILES string of the molecule is N[C@H]1C[C@@H](N2CCC3=C2CN(C(=O)C2CC2)C3)CO[C@@H]1c1cc(F)ccc1F. The Kier molecular flexibility index (Phi) is 4.39. The Morgan fingerprint density at radius 3 is 2.79 bits per heavy atom. The van der Waals surface area contributed by atoms with Gasteiger partial charge >= 0.3 is 0 Å². The predicted molar refractivity (Wildman–Crippen MR) is 99.1 cm³/mol. The minimum Gasteiger partial charge on any atom is -0.370 e. The van der Waals surface area contributed by atoms with Gasteiger partial charge in [0.15, 0.2) is 0 Å². The molecule has 2 N–H and O–H groups in total. The molecule has 0 aromatic heterocycles. The first-order valence-electron chi connectivity index (χ1n) is 10.1. The van der Waals surface area contributed by atoms with E-state index in [1.54, 1.807) is 0 Å². The van der Waals surface area contributed by atoms with Crippen molar-refractivity contribution in [1.82, 2.24) is 9.80 Å². The molecule has 3 aliphatic heterocycles. The molecule has 2 fully saturated rings. The number of benzene rings is 1. The van der Waals surface area contributed by atoms with Crippen LogP contribution in [0.25, 0.3) is 0 Å². The van der Waals surface area contributed by atoms with E-state index in [4.69, 9.17) is 10.5 Å². The van der Waals surface area contributed by atoms with E-state index in [0.717, 1.165) is 44.5 Å². The Labute approximate surface area is 163 Å². The first-order chi connectivity index (χ1) is 13.5. The van der Waals surface area contributed by atoms with Crippen LogP contribution in [0.15, 0.2) is 29.5 Å². The molecule has 5 rings (SSSR count). The zero-order valence-electron chi connectivity index (χ0n) is 15.7. The molecular formula is C21H25F2N3O2. The van der Waals surface area contributed by atoms with Crippen LogP contribution in [0.2, 0.25) is 0 Å². The van der Waals surface area contributed by atoms with Crippen LogP contribution in [0.3, 0.4) is 0 Å². The Hall–Kier alpha value is -1.99. The molecule has 5 nitrogen and oxygen atoms in total. The normalized spacial score (nSPS) is 30.2. The van der Waals surface area contributed by atoms with Crippen molar-refractivity contribution >= 4 is 5.91 Å². The molecule has 1 aromatic rings. The number of ether oxygens (including phenoxy) is 1. The van der Waals surface area contributed by atoms with Gasteiger partial charge in [-0.2, -0.15) is 0 Å². The summed E-state index contributed by atoms with van der Waals surface area (Å²) in [7, 11) is 0. The van der Waals surface area contributed by atoms with E-state index in [1.165, 1.54) is 17.3 Å². The Morgan fingerprint density at radius 2 is 2.04 bits per heavy atom. The van der Waals surface area contributed by atoms with Crippen LogP contribution >= 0.6 is 0 Å². The van der Waals surface area contributed by atoms with Gasteiger partial charge in [0.25, 0.3) is 0 Å². The molecule has 0 unspecified atom stereocenters. The summed E-state index contributed by atoms with van der Waals surface area (Å²) in [6, 6.07) is 3.09. The maximum atomic E-state index is 14.1. The van der Waals surface area contributed by atoms with Gasteiger partial charge in [-0.1, -0.05) is 0 Å². The minimum absolute atomic E-state index is 0.103. The summed E-state index contributed by atoms with van der Waals surface area (Å²) in [4.78, 5) is 16.7. The highest BCUT2D eigenvalue weighted by Crippen LogP contribution is 2.39. The molecule has 28 heavy (non-hydrogen) atoms. The second-order valence-electron chi connectivity index (χ2n) is 8.44. The fraction of sp³-hybridized carbons (Fsp3) is 0.571. The van der Waals surface area contributed by atoms with Gasteiger partial charge in [0, 0.05) is 36.3 Å². The van der Waals surface area contributed by atoms with Crippen LogP contribution in [0.1, 0.15) is 37.4 Å². The molecule has 1 saturated heterocycles. The fourth-order valence-corrected chi connectivity index (χ4v) is 4.84. The second-order valence-corrected chi connectivity index (χ2v) is 8.44. The smallest absolute Gasteiger partial charge is 0.226 e. The van der Waals surface area contributed by atoms with Gasteiger partial charge in [0.05, 0.1) is 19.2 Å². The number of carbonyl (C=O) groups excluding carboxylic acids is 1. The van der Waals surface area contributed by atoms with Gasteiger partial charge in [-0.3, -0.25) is 4.79 Å². The third-order valence-electron chi connectivity index (χ3n) is 6.48. The third kappa shape index (κ3) is 3.10. The molecule has 3 heterocycles. The summed E-state index contributed by atoms with van der Waals surface area (Å²) in [5.74, 6) is -0.457. The van der Waals surface area contributed by atoms with E-state index in [2.05, 4.69) is 4.90 Å². The van der Waals surface area contributed by atoms with Gasteiger partial charge < -0.3 is 20.3 Å². The van der Waals surface area contributed by atoms with E-state index < -0.39 is 23.8 Å². The van der Waals surface area contributed by atoms with Crippen molar-refractivity contribution < 1.29 is 18.3 Å². The number of hydrogen-bond acceptors (Lipinski definition) is 4. The van der Waals surface area contributed by atoms with Crippen LogP contribution in [0.5, 0.6) is 0 Å². The largest absolute Gasteiger partial charge is 0.370 e. The number of rotatable bonds is 3. The zero-order chi connectivity index (χ0) is 19.4. The Morgan fingerprint density at radius 1 is 1.21 bits per heavy atom. The predicted octanol–water partition coefficient (Wildman–Crippen LogP) is 2.33. The van der Waals surface area contributed by atoms with Crippen molar-refractivity contribution in [1.29, 1.82) is 0 Å². The van der Waals surface area contributed by atoms with Gasteiger partial charge in [-0.25, -0.2) is 8.78 Å². The summed E-state index contributed by atoms with van der Waals surface area (Å²) in [6.07, 6.45) is 3.02. The number of halogens is 2. The number of amides is 1. The molecule has 3 atom stereocenters. The molecule has 4 aliphatic rings. The van der Waals surface area contributed by atoms with Crippen LogP contribution in [0, 0.1) is 17.6 Å². The lowest BCUT2D eigenvalue weighted by Gasteiger charge is -2.40. The standard InChI is InChI=1S/C21H25F2N3O2/c22-14-3-4-17(23)16(7-14)20-18(24)8-15(11-28-20)26-6-5-13-9-25(10-19(13)26)21(27)12-1-2-12/h3-4,7,12,15,18,20H,1-2,5-6,8-11,24H2/t15-,18+,20-/m1/s1. The van der Waals surface area contributed by atoms with E-state index in [1.807, 2.05) is 4.90 Å².